The molecular weight excluding hydrogens is 495 g/mol. The number of benzene rings is 3. The molecule has 7 heteroatoms. The fourth-order valence-corrected chi connectivity index (χ4v) is 4.21. The molecule has 0 aliphatic heterocycles. The van der Waals surface area contributed by atoms with Crippen molar-refractivity contribution >= 4 is 35.0 Å². The van der Waals surface area contributed by atoms with Crippen molar-refractivity contribution in [3.8, 4) is 5.75 Å². The molecule has 0 spiro atoms. The van der Waals surface area contributed by atoms with E-state index >= 15 is 0 Å². The van der Waals surface area contributed by atoms with E-state index in [4.69, 9.17) is 27.9 Å². The first kappa shape index (κ1) is 27.6. The highest BCUT2D eigenvalue weighted by atomic mass is 35.5. The first-order valence-electron chi connectivity index (χ1n) is 12.0. The van der Waals surface area contributed by atoms with Crippen LogP contribution in [0.25, 0.3) is 0 Å². The second-order valence-corrected chi connectivity index (χ2v) is 9.64. The Morgan fingerprint density at radius 3 is 2.31 bits per heavy atom. The molecule has 0 aliphatic rings. The molecule has 0 unspecified atom stereocenters. The molecule has 1 N–H and O–H groups in total. The number of amides is 2. The maximum atomic E-state index is 13.8. The summed E-state index contributed by atoms with van der Waals surface area (Å²) in [4.78, 5) is 29.0. The lowest BCUT2D eigenvalue weighted by atomic mass is 10.0. The fourth-order valence-electron chi connectivity index (χ4n) is 3.89. The topological polar surface area (TPSA) is 58.6 Å². The molecule has 3 rings (SSSR count). The van der Waals surface area contributed by atoms with Crippen LogP contribution < -0.4 is 10.1 Å². The Labute approximate surface area is 223 Å². The van der Waals surface area contributed by atoms with Crippen molar-refractivity contribution < 1.29 is 14.3 Å². The molecule has 3 aromatic rings. The van der Waals surface area contributed by atoms with Crippen LogP contribution in [0.3, 0.4) is 0 Å². The van der Waals surface area contributed by atoms with Gasteiger partial charge in [-0.15, -0.1) is 0 Å². The lowest BCUT2D eigenvalue weighted by Gasteiger charge is -2.32. The molecule has 0 aromatic heterocycles. The summed E-state index contributed by atoms with van der Waals surface area (Å²) in [5, 5.41) is 3.89. The highest BCUT2D eigenvalue weighted by Crippen LogP contribution is 2.24. The number of nitrogens with one attached hydrogen (secondary N) is 1. The van der Waals surface area contributed by atoms with Crippen LogP contribution in [-0.4, -0.2) is 35.9 Å². The Balaban J connectivity index is 1.99. The van der Waals surface area contributed by atoms with Gasteiger partial charge in [0.2, 0.25) is 11.8 Å². The minimum atomic E-state index is -0.706. The SMILES string of the molecule is CC[C@@H](C)NC(=O)[C@@H](Cc1ccccc1)N(Cc1cccc(OC)c1)C(=O)Cc1ccc(Cl)c(Cl)c1. The zero-order valence-corrected chi connectivity index (χ0v) is 22.4. The maximum Gasteiger partial charge on any atom is 0.243 e. The molecule has 5 nitrogen and oxygen atoms in total. The zero-order chi connectivity index (χ0) is 26.1. The monoisotopic (exact) mass is 526 g/mol. The summed E-state index contributed by atoms with van der Waals surface area (Å²) in [5.41, 5.74) is 2.57. The van der Waals surface area contributed by atoms with Crippen LogP contribution in [0, 0.1) is 0 Å². The standard InChI is InChI=1S/C29H32Cl2N2O3/c1-4-20(2)32-29(35)27(17-21-9-6-5-7-10-21)33(19-23-11-8-12-24(15-23)36-3)28(34)18-22-13-14-25(30)26(31)16-22/h5-16,20,27H,4,17-19H2,1-3H3,(H,32,35)/t20-,27-/m1/s1. The molecule has 3 aromatic carbocycles. The predicted molar refractivity (Wildman–Crippen MR) is 146 cm³/mol. The van der Waals surface area contributed by atoms with E-state index in [2.05, 4.69) is 5.32 Å². The van der Waals surface area contributed by atoms with E-state index in [-0.39, 0.29) is 30.8 Å². The summed E-state index contributed by atoms with van der Waals surface area (Å²) in [6, 6.07) is 21.7. The summed E-state index contributed by atoms with van der Waals surface area (Å²) >= 11 is 12.3. The van der Waals surface area contributed by atoms with Crippen LogP contribution in [0.1, 0.15) is 37.0 Å². The van der Waals surface area contributed by atoms with Gasteiger partial charge in [0.15, 0.2) is 0 Å². The fraction of sp³-hybridized carbons (Fsp3) is 0.310. The molecule has 0 heterocycles. The number of nitrogens with zero attached hydrogens (tertiary/aromatic N) is 1. The largest absolute Gasteiger partial charge is 0.497 e. The number of carbonyl (C=O) groups is 2. The molecule has 0 radical (unpaired) electrons. The average molecular weight is 527 g/mol. The van der Waals surface area contributed by atoms with Crippen LogP contribution in [0.5, 0.6) is 5.75 Å². The lowest BCUT2D eigenvalue weighted by molar-refractivity contribution is -0.141. The average Bonchev–Trinajstić information content (AvgIpc) is 2.88. The highest BCUT2D eigenvalue weighted by molar-refractivity contribution is 6.42. The van der Waals surface area contributed by atoms with Crippen LogP contribution in [0.2, 0.25) is 10.0 Å². The predicted octanol–water partition coefficient (Wildman–Crippen LogP) is 6.10. The third-order valence-electron chi connectivity index (χ3n) is 6.10. The second-order valence-electron chi connectivity index (χ2n) is 8.82. The van der Waals surface area contributed by atoms with Gasteiger partial charge in [-0.05, 0) is 54.3 Å². The number of rotatable bonds is 11. The molecule has 0 saturated heterocycles. The Morgan fingerprint density at radius 1 is 0.917 bits per heavy atom. The molecule has 36 heavy (non-hydrogen) atoms. The molecule has 0 fully saturated rings. The Kier molecular flexibility index (Phi) is 10.2. The Morgan fingerprint density at radius 2 is 1.64 bits per heavy atom. The van der Waals surface area contributed by atoms with Gasteiger partial charge in [-0.1, -0.05) is 78.7 Å². The molecular formula is C29H32Cl2N2O3. The van der Waals surface area contributed by atoms with Gasteiger partial charge in [0.05, 0.1) is 23.6 Å². The number of halogens is 2. The van der Waals surface area contributed by atoms with Crippen molar-refractivity contribution in [2.75, 3.05) is 7.11 Å². The smallest absolute Gasteiger partial charge is 0.243 e. The third kappa shape index (κ3) is 7.74. The minimum Gasteiger partial charge on any atom is -0.497 e. The first-order chi connectivity index (χ1) is 17.3. The normalized spacial score (nSPS) is 12.5. The summed E-state index contributed by atoms with van der Waals surface area (Å²) in [6.07, 6.45) is 1.26. The van der Waals surface area contributed by atoms with Gasteiger partial charge >= 0.3 is 0 Å². The summed E-state index contributed by atoms with van der Waals surface area (Å²) < 4.78 is 5.38. The molecule has 190 valence electrons. The molecule has 2 atom stereocenters. The van der Waals surface area contributed by atoms with Gasteiger partial charge in [0.1, 0.15) is 11.8 Å². The first-order valence-corrected chi connectivity index (χ1v) is 12.8. The van der Waals surface area contributed by atoms with Gasteiger partial charge < -0.3 is 15.0 Å². The van der Waals surface area contributed by atoms with Crippen molar-refractivity contribution in [2.45, 2.75) is 51.7 Å². The van der Waals surface area contributed by atoms with Crippen LogP contribution >= 0.6 is 23.2 Å². The van der Waals surface area contributed by atoms with Crippen molar-refractivity contribution in [1.29, 1.82) is 0 Å². The Bertz CT molecular complexity index is 1170. The Hall–Kier alpha value is -3.02. The van der Waals surface area contributed by atoms with E-state index in [1.165, 1.54) is 0 Å². The van der Waals surface area contributed by atoms with E-state index < -0.39 is 6.04 Å². The number of ether oxygens (including phenoxy) is 1. The van der Waals surface area contributed by atoms with Crippen molar-refractivity contribution in [3.05, 3.63) is 99.5 Å². The summed E-state index contributed by atoms with van der Waals surface area (Å²) in [7, 11) is 1.60. The quantitative estimate of drug-likeness (QED) is 0.328. The molecule has 0 aliphatic carbocycles. The van der Waals surface area contributed by atoms with E-state index in [9.17, 15) is 9.59 Å². The van der Waals surface area contributed by atoms with Gasteiger partial charge in [-0.25, -0.2) is 0 Å². The number of methoxy groups -OCH3 is 1. The van der Waals surface area contributed by atoms with E-state index in [1.54, 1.807) is 30.2 Å². The van der Waals surface area contributed by atoms with Crippen molar-refractivity contribution in [3.63, 3.8) is 0 Å². The number of hydrogen-bond acceptors (Lipinski definition) is 3. The maximum absolute atomic E-state index is 13.8. The van der Waals surface area contributed by atoms with Gasteiger partial charge in [-0.3, -0.25) is 9.59 Å². The third-order valence-corrected chi connectivity index (χ3v) is 6.84. The van der Waals surface area contributed by atoms with Gasteiger partial charge in [-0.2, -0.15) is 0 Å². The minimum absolute atomic E-state index is 0.0142. The van der Waals surface area contributed by atoms with Gasteiger partial charge in [0.25, 0.3) is 0 Å². The van der Waals surface area contributed by atoms with Crippen molar-refractivity contribution in [1.82, 2.24) is 10.2 Å². The molecule has 0 bridgehead atoms. The van der Waals surface area contributed by atoms with E-state index in [0.717, 1.165) is 23.1 Å². The summed E-state index contributed by atoms with van der Waals surface area (Å²) in [6.45, 7) is 4.23. The van der Waals surface area contributed by atoms with E-state index in [0.29, 0.717) is 22.2 Å². The van der Waals surface area contributed by atoms with Crippen molar-refractivity contribution in [2.24, 2.45) is 0 Å². The highest BCUT2D eigenvalue weighted by Gasteiger charge is 2.31. The van der Waals surface area contributed by atoms with Crippen LogP contribution in [0.15, 0.2) is 72.8 Å². The zero-order valence-electron chi connectivity index (χ0n) is 20.8. The summed E-state index contributed by atoms with van der Waals surface area (Å²) in [5.74, 6) is 0.322. The van der Waals surface area contributed by atoms with E-state index in [1.807, 2.05) is 68.4 Å². The second kappa shape index (κ2) is 13.3. The molecule has 0 saturated carbocycles. The number of hydrogen-bond donors (Lipinski definition) is 1. The van der Waals surface area contributed by atoms with Crippen LogP contribution in [-0.2, 0) is 29.0 Å². The van der Waals surface area contributed by atoms with Crippen LogP contribution in [0.4, 0.5) is 0 Å². The number of carbonyl (C=O) groups excluding carboxylic acids is 2. The molecule has 2 amide bonds. The lowest BCUT2D eigenvalue weighted by Crippen LogP contribution is -2.52. The van der Waals surface area contributed by atoms with Gasteiger partial charge in [0, 0.05) is 19.0 Å².